The molecule has 2 aromatic rings. The normalized spacial score (nSPS) is 10.5. The van der Waals surface area contributed by atoms with Crippen molar-refractivity contribution in [1.29, 1.82) is 0 Å². The van der Waals surface area contributed by atoms with Gasteiger partial charge in [0.15, 0.2) is 6.61 Å². The molecule has 134 valence electrons. The molecule has 1 amide bonds. The third-order valence-corrected chi connectivity index (χ3v) is 3.30. The number of benzene rings is 2. The molecular formula is C15H11ClN4O6. The molecule has 0 aliphatic carbocycles. The van der Waals surface area contributed by atoms with E-state index in [9.17, 15) is 25.0 Å². The molecule has 0 fully saturated rings. The number of nitro benzene ring substituents is 2. The topological polar surface area (TPSA) is 137 Å². The number of rotatable bonds is 7. The molecule has 0 saturated carbocycles. The summed E-state index contributed by atoms with van der Waals surface area (Å²) in [5.74, 6) is -0.586. The van der Waals surface area contributed by atoms with Gasteiger partial charge in [-0.2, -0.15) is 0 Å². The van der Waals surface area contributed by atoms with Crippen LogP contribution in [0.1, 0.15) is 5.56 Å². The van der Waals surface area contributed by atoms with Crippen molar-refractivity contribution in [1.82, 2.24) is 0 Å². The Bertz CT molecular complexity index is 886. The largest absolute Gasteiger partial charge is 0.386 e. The van der Waals surface area contributed by atoms with Crippen molar-refractivity contribution in [3.05, 3.63) is 73.3 Å². The average Bonchev–Trinajstić information content (AvgIpc) is 2.60. The van der Waals surface area contributed by atoms with E-state index in [4.69, 9.17) is 16.4 Å². The molecule has 0 bridgehead atoms. The Kier molecular flexibility index (Phi) is 6.17. The number of anilines is 1. The van der Waals surface area contributed by atoms with E-state index in [1.54, 1.807) is 6.07 Å². The summed E-state index contributed by atoms with van der Waals surface area (Å²) in [5, 5.41) is 27.3. The van der Waals surface area contributed by atoms with Crippen molar-refractivity contribution in [3.63, 3.8) is 0 Å². The van der Waals surface area contributed by atoms with Crippen LogP contribution in [0.5, 0.6) is 0 Å². The Balaban J connectivity index is 1.88. The molecule has 0 atom stereocenters. The molecule has 1 N–H and O–H groups in total. The van der Waals surface area contributed by atoms with E-state index in [1.165, 1.54) is 36.5 Å². The maximum atomic E-state index is 11.7. The third kappa shape index (κ3) is 5.24. The number of carbonyl (C=O) groups excluding carboxylic acids is 1. The summed E-state index contributed by atoms with van der Waals surface area (Å²) in [6.45, 7) is -0.446. The first-order chi connectivity index (χ1) is 12.4. The average molecular weight is 379 g/mol. The highest BCUT2D eigenvalue weighted by atomic mass is 35.5. The van der Waals surface area contributed by atoms with Crippen LogP contribution < -0.4 is 5.32 Å². The van der Waals surface area contributed by atoms with Gasteiger partial charge >= 0.3 is 0 Å². The molecule has 0 radical (unpaired) electrons. The number of hydrogen-bond donors (Lipinski definition) is 1. The smallest absolute Gasteiger partial charge is 0.271 e. The van der Waals surface area contributed by atoms with Gasteiger partial charge in [-0.3, -0.25) is 25.0 Å². The molecule has 2 aromatic carbocycles. The van der Waals surface area contributed by atoms with Gasteiger partial charge in [0.25, 0.3) is 17.3 Å². The van der Waals surface area contributed by atoms with Crippen LogP contribution in [0.3, 0.4) is 0 Å². The fraction of sp³-hybridized carbons (Fsp3) is 0.0667. The highest BCUT2D eigenvalue weighted by Gasteiger charge is 2.11. The second-order valence-electron chi connectivity index (χ2n) is 4.83. The first-order valence-electron chi connectivity index (χ1n) is 7.00. The monoisotopic (exact) mass is 378 g/mol. The van der Waals surface area contributed by atoms with E-state index >= 15 is 0 Å². The standard InChI is InChI=1S/C15H11ClN4O6/c16-13-7-12(20(24)25)4-5-14(13)18-15(21)9-26-17-8-10-2-1-3-11(6-10)19(22)23/h1-8H,9H2,(H,18,21)/b17-8-. The molecule has 10 nitrogen and oxygen atoms in total. The maximum absolute atomic E-state index is 11.7. The first kappa shape index (κ1) is 18.8. The summed E-state index contributed by atoms with van der Waals surface area (Å²) in [6.07, 6.45) is 1.22. The van der Waals surface area contributed by atoms with Gasteiger partial charge in [0.05, 0.1) is 26.8 Å². The van der Waals surface area contributed by atoms with Crippen LogP contribution in [0.25, 0.3) is 0 Å². The summed E-state index contributed by atoms with van der Waals surface area (Å²) in [6, 6.07) is 9.30. The van der Waals surface area contributed by atoms with E-state index in [0.29, 0.717) is 5.56 Å². The predicted octanol–water partition coefficient (Wildman–Crippen LogP) is 3.15. The summed E-state index contributed by atoms with van der Waals surface area (Å²) in [4.78, 5) is 36.7. The zero-order chi connectivity index (χ0) is 19.1. The molecule has 0 saturated heterocycles. The fourth-order valence-electron chi connectivity index (χ4n) is 1.82. The van der Waals surface area contributed by atoms with Crippen LogP contribution in [-0.4, -0.2) is 28.6 Å². The number of carbonyl (C=O) groups is 1. The zero-order valence-corrected chi connectivity index (χ0v) is 13.8. The van der Waals surface area contributed by atoms with Crippen molar-refractivity contribution in [2.45, 2.75) is 0 Å². The van der Waals surface area contributed by atoms with Gasteiger partial charge in [0.1, 0.15) is 0 Å². The van der Waals surface area contributed by atoms with Gasteiger partial charge in [-0.15, -0.1) is 0 Å². The number of amides is 1. The Hall–Kier alpha value is -3.53. The molecule has 26 heavy (non-hydrogen) atoms. The number of hydrogen-bond acceptors (Lipinski definition) is 7. The summed E-state index contributed by atoms with van der Waals surface area (Å²) in [7, 11) is 0. The van der Waals surface area contributed by atoms with Crippen LogP contribution in [0, 0.1) is 20.2 Å². The molecule has 0 aromatic heterocycles. The molecule has 0 aliphatic rings. The van der Waals surface area contributed by atoms with E-state index in [0.717, 1.165) is 6.07 Å². The fourth-order valence-corrected chi connectivity index (χ4v) is 2.04. The minimum atomic E-state index is -0.608. The van der Waals surface area contributed by atoms with Crippen molar-refractivity contribution >= 4 is 40.8 Å². The summed E-state index contributed by atoms with van der Waals surface area (Å²) < 4.78 is 0. The lowest BCUT2D eigenvalue weighted by atomic mass is 10.2. The van der Waals surface area contributed by atoms with E-state index in [-0.39, 0.29) is 22.1 Å². The summed E-state index contributed by atoms with van der Waals surface area (Å²) in [5.41, 5.74) is 0.317. The predicted molar refractivity (Wildman–Crippen MR) is 93.4 cm³/mol. The first-order valence-corrected chi connectivity index (χ1v) is 7.38. The highest BCUT2D eigenvalue weighted by molar-refractivity contribution is 6.34. The number of oxime groups is 1. The lowest BCUT2D eigenvalue weighted by Crippen LogP contribution is -2.17. The Morgan fingerprint density at radius 3 is 2.50 bits per heavy atom. The van der Waals surface area contributed by atoms with E-state index in [2.05, 4.69) is 10.5 Å². The number of halogens is 1. The van der Waals surface area contributed by atoms with Crippen LogP contribution in [-0.2, 0) is 9.63 Å². The van der Waals surface area contributed by atoms with Crippen LogP contribution in [0.4, 0.5) is 17.1 Å². The van der Waals surface area contributed by atoms with Crippen LogP contribution >= 0.6 is 11.6 Å². The second kappa shape index (κ2) is 8.53. The number of nitro groups is 2. The zero-order valence-electron chi connectivity index (χ0n) is 13.0. The SMILES string of the molecule is O=C(CO/N=C\c1cccc([N+](=O)[O-])c1)Nc1ccc([N+](=O)[O-])cc1Cl. The molecule has 0 aliphatic heterocycles. The highest BCUT2D eigenvalue weighted by Crippen LogP contribution is 2.26. The quantitative estimate of drug-likeness (QED) is 0.446. The minimum Gasteiger partial charge on any atom is -0.386 e. The van der Waals surface area contributed by atoms with Crippen molar-refractivity contribution in [2.24, 2.45) is 5.16 Å². The second-order valence-corrected chi connectivity index (χ2v) is 5.24. The Morgan fingerprint density at radius 1 is 1.15 bits per heavy atom. The molecule has 2 rings (SSSR count). The van der Waals surface area contributed by atoms with Gasteiger partial charge < -0.3 is 10.2 Å². The Labute approximate surface area is 151 Å². The van der Waals surface area contributed by atoms with Gasteiger partial charge in [-0.1, -0.05) is 28.9 Å². The lowest BCUT2D eigenvalue weighted by molar-refractivity contribution is -0.385. The van der Waals surface area contributed by atoms with Crippen molar-refractivity contribution in [3.8, 4) is 0 Å². The maximum Gasteiger partial charge on any atom is 0.271 e. The number of non-ortho nitro benzene ring substituents is 2. The molecular weight excluding hydrogens is 368 g/mol. The number of nitrogens with zero attached hydrogens (tertiary/aromatic N) is 3. The van der Waals surface area contributed by atoms with Gasteiger partial charge in [-0.25, -0.2) is 0 Å². The summed E-state index contributed by atoms with van der Waals surface area (Å²) >= 11 is 5.85. The lowest BCUT2D eigenvalue weighted by Gasteiger charge is -2.06. The van der Waals surface area contributed by atoms with Gasteiger partial charge in [-0.05, 0) is 6.07 Å². The number of nitrogens with one attached hydrogen (secondary N) is 1. The van der Waals surface area contributed by atoms with Crippen molar-refractivity contribution in [2.75, 3.05) is 11.9 Å². The molecule has 0 heterocycles. The van der Waals surface area contributed by atoms with E-state index < -0.39 is 22.4 Å². The van der Waals surface area contributed by atoms with Crippen LogP contribution in [0.2, 0.25) is 5.02 Å². The minimum absolute atomic E-state index is 0.00708. The Morgan fingerprint density at radius 2 is 1.85 bits per heavy atom. The van der Waals surface area contributed by atoms with Crippen LogP contribution in [0.15, 0.2) is 47.6 Å². The third-order valence-electron chi connectivity index (χ3n) is 2.99. The molecule has 11 heteroatoms. The molecule has 0 spiro atoms. The van der Waals surface area contributed by atoms with E-state index in [1.807, 2.05) is 0 Å². The van der Waals surface area contributed by atoms with Crippen molar-refractivity contribution < 1.29 is 19.5 Å². The van der Waals surface area contributed by atoms with Gasteiger partial charge in [0, 0.05) is 29.8 Å². The van der Waals surface area contributed by atoms with Gasteiger partial charge in [0.2, 0.25) is 0 Å². The molecule has 0 unspecified atom stereocenters.